The summed E-state index contributed by atoms with van der Waals surface area (Å²) < 4.78 is 0. The third-order valence-electron chi connectivity index (χ3n) is 7.43. The van der Waals surface area contributed by atoms with Crippen LogP contribution in [0.2, 0.25) is 0 Å². The fourth-order valence-electron chi connectivity index (χ4n) is 5.88. The second-order valence-electron chi connectivity index (χ2n) is 9.32. The highest BCUT2D eigenvalue weighted by atomic mass is 16.3. The van der Waals surface area contributed by atoms with Crippen molar-refractivity contribution in [3.05, 3.63) is 46.2 Å². The molecule has 1 aromatic carbocycles. The fraction of sp³-hybridized carbons (Fsp3) is 0.458. The summed E-state index contributed by atoms with van der Waals surface area (Å²) in [6.45, 7) is 2.68. The second-order valence-corrected chi connectivity index (χ2v) is 9.32. The smallest absolute Gasteiger partial charge is 0.209 e. The topological polar surface area (TPSA) is 135 Å². The van der Waals surface area contributed by atoms with E-state index in [1.165, 1.54) is 0 Å². The number of hydrogen-bond acceptors (Lipinski definition) is 8. The van der Waals surface area contributed by atoms with Gasteiger partial charge in [-0.25, -0.2) is 0 Å². The van der Waals surface area contributed by atoms with Gasteiger partial charge in [0.2, 0.25) is 11.6 Å². The van der Waals surface area contributed by atoms with E-state index in [2.05, 4.69) is 4.90 Å². The molecule has 0 radical (unpaired) electrons. The lowest BCUT2D eigenvalue weighted by atomic mass is 9.58. The Kier molecular flexibility index (Phi) is 4.76. The third kappa shape index (κ3) is 2.86. The number of nitrogens with zero attached hydrogens (tertiary/aromatic N) is 1. The maximum Gasteiger partial charge on any atom is 0.209 e. The van der Waals surface area contributed by atoms with E-state index in [1.807, 2.05) is 6.07 Å². The molecule has 0 aromatic heterocycles. The molecule has 1 aliphatic heterocycles. The Morgan fingerprint density at radius 1 is 1.06 bits per heavy atom. The van der Waals surface area contributed by atoms with E-state index < -0.39 is 46.1 Å². The number of phenols is 1. The van der Waals surface area contributed by atoms with E-state index in [0.29, 0.717) is 24.8 Å². The molecular weight excluding hydrogens is 414 g/mol. The highest BCUT2D eigenvalue weighted by Gasteiger charge is 2.61. The van der Waals surface area contributed by atoms with Crippen LogP contribution in [-0.2, 0) is 27.3 Å². The Labute approximate surface area is 184 Å². The molecule has 3 atom stereocenters. The number of Topliss-reactive ketones (excluding diaryl/α,β-unsaturated/α-hetero) is 3. The number of rotatable bonds is 2. The van der Waals surface area contributed by atoms with Crippen molar-refractivity contribution >= 4 is 23.1 Å². The number of fused-ring (bicyclic) bond motifs is 3. The SMILES string of the molecule is O=C1C[C@@H]2CC3Cc4cc(CN5CCCC5)cc(O)c4C(O)=C3C(=O)[C@]2(O)C(=O)C1=CO. The molecule has 4 aliphatic rings. The number of carbonyl (C=O) groups is 3. The van der Waals surface area contributed by atoms with Gasteiger partial charge in [0.05, 0.1) is 17.4 Å². The Morgan fingerprint density at radius 2 is 1.78 bits per heavy atom. The molecule has 32 heavy (non-hydrogen) atoms. The van der Waals surface area contributed by atoms with Crippen molar-refractivity contribution in [1.29, 1.82) is 0 Å². The quantitative estimate of drug-likeness (QED) is 0.237. The van der Waals surface area contributed by atoms with Crippen molar-refractivity contribution in [3.63, 3.8) is 0 Å². The highest BCUT2D eigenvalue weighted by Crippen LogP contribution is 2.50. The van der Waals surface area contributed by atoms with Crippen LogP contribution in [0.15, 0.2) is 29.5 Å². The molecule has 8 heteroatoms. The predicted molar refractivity (Wildman–Crippen MR) is 113 cm³/mol. The number of phenolic OH excluding ortho intramolecular Hbond substituents is 1. The second kappa shape index (κ2) is 7.28. The van der Waals surface area contributed by atoms with E-state index >= 15 is 0 Å². The minimum Gasteiger partial charge on any atom is -0.515 e. The van der Waals surface area contributed by atoms with E-state index in [1.54, 1.807) is 6.07 Å². The summed E-state index contributed by atoms with van der Waals surface area (Å²) in [5.41, 5.74) is -1.45. The minimum atomic E-state index is -2.51. The lowest BCUT2D eigenvalue weighted by Gasteiger charge is -2.45. The molecule has 3 fully saturated rings. The summed E-state index contributed by atoms with van der Waals surface area (Å²) in [6, 6.07) is 3.51. The summed E-state index contributed by atoms with van der Waals surface area (Å²) in [5.74, 6) is -4.70. The third-order valence-corrected chi connectivity index (χ3v) is 7.43. The molecule has 2 saturated carbocycles. The van der Waals surface area contributed by atoms with Gasteiger partial charge in [0.1, 0.15) is 11.5 Å². The molecule has 8 nitrogen and oxygen atoms in total. The molecule has 168 valence electrons. The van der Waals surface area contributed by atoms with Gasteiger partial charge in [-0.15, -0.1) is 0 Å². The number of aliphatic hydroxyl groups is 3. The summed E-state index contributed by atoms with van der Waals surface area (Å²) in [6.07, 6.45) is 2.88. The minimum absolute atomic E-state index is 0.0983. The molecule has 3 aliphatic carbocycles. The number of ketones is 3. The van der Waals surface area contributed by atoms with Gasteiger partial charge in [-0.2, -0.15) is 0 Å². The standard InChI is InChI=1S/C24H25NO7/c26-11-16-17(27)9-15-8-14-7-13-5-12(10-25-3-1-2-4-25)6-18(28)19(13)21(29)20(14)23(31)24(15,32)22(16)30/h5-6,11,14-15,26,28-29,32H,1-4,7-10H2/t14?,15-,24+/m0/s1. The normalized spacial score (nSPS) is 31.7. The first kappa shape index (κ1) is 20.9. The van der Waals surface area contributed by atoms with E-state index in [9.17, 15) is 34.8 Å². The van der Waals surface area contributed by atoms with Gasteiger partial charge in [-0.05, 0) is 61.9 Å². The molecule has 1 heterocycles. The maximum absolute atomic E-state index is 13.3. The molecule has 0 bridgehead atoms. The number of hydrogen-bond donors (Lipinski definition) is 4. The van der Waals surface area contributed by atoms with Crippen molar-refractivity contribution in [3.8, 4) is 5.75 Å². The Morgan fingerprint density at radius 3 is 2.47 bits per heavy atom. The Hall–Kier alpha value is -2.97. The lowest BCUT2D eigenvalue weighted by molar-refractivity contribution is -0.160. The molecule has 5 rings (SSSR count). The first-order valence-electron chi connectivity index (χ1n) is 11.0. The zero-order valence-corrected chi connectivity index (χ0v) is 17.5. The molecule has 1 saturated heterocycles. The summed E-state index contributed by atoms with van der Waals surface area (Å²) in [4.78, 5) is 40.6. The number of carbonyl (C=O) groups excluding carboxylic acids is 3. The van der Waals surface area contributed by atoms with Crippen molar-refractivity contribution in [2.45, 2.75) is 44.2 Å². The largest absolute Gasteiger partial charge is 0.515 e. The molecular formula is C24H25NO7. The zero-order chi connectivity index (χ0) is 22.8. The van der Waals surface area contributed by atoms with E-state index in [4.69, 9.17) is 0 Å². The van der Waals surface area contributed by atoms with E-state index in [0.717, 1.165) is 31.5 Å². The lowest BCUT2D eigenvalue weighted by Crippen LogP contribution is -2.62. The van der Waals surface area contributed by atoms with Gasteiger partial charge in [0, 0.05) is 24.5 Å². The monoisotopic (exact) mass is 439 g/mol. The van der Waals surface area contributed by atoms with Gasteiger partial charge in [-0.1, -0.05) is 6.07 Å². The Balaban J connectivity index is 1.56. The van der Waals surface area contributed by atoms with Crippen molar-refractivity contribution in [1.82, 2.24) is 4.90 Å². The number of aliphatic hydroxyl groups excluding tert-OH is 2. The average Bonchev–Trinajstić information content (AvgIpc) is 3.23. The van der Waals surface area contributed by atoms with Crippen LogP contribution in [0, 0.1) is 11.8 Å². The van der Waals surface area contributed by atoms with Crippen molar-refractivity contribution < 1.29 is 34.8 Å². The summed E-state index contributed by atoms with van der Waals surface area (Å²) in [5, 5.41) is 42.1. The van der Waals surface area contributed by atoms with Gasteiger partial charge >= 0.3 is 0 Å². The maximum atomic E-state index is 13.3. The first-order chi connectivity index (χ1) is 15.3. The van der Waals surface area contributed by atoms with Crippen LogP contribution in [0.4, 0.5) is 0 Å². The fourth-order valence-corrected chi connectivity index (χ4v) is 5.88. The predicted octanol–water partition coefficient (Wildman–Crippen LogP) is 1.73. The number of benzene rings is 1. The average molecular weight is 439 g/mol. The van der Waals surface area contributed by atoms with Crippen LogP contribution in [0.5, 0.6) is 5.75 Å². The van der Waals surface area contributed by atoms with Crippen LogP contribution in [-0.4, -0.2) is 61.4 Å². The zero-order valence-electron chi connectivity index (χ0n) is 17.5. The van der Waals surface area contributed by atoms with Crippen LogP contribution in [0.1, 0.15) is 42.4 Å². The summed E-state index contributed by atoms with van der Waals surface area (Å²) in [7, 11) is 0. The van der Waals surface area contributed by atoms with Crippen molar-refractivity contribution in [2.24, 2.45) is 11.8 Å². The molecule has 1 unspecified atom stereocenters. The number of likely N-dealkylation sites (tertiary alicyclic amines) is 1. The van der Waals surface area contributed by atoms with Crippen LogP contribution in [0.3, 0.4) is 0 Å². The van der Waals surface area contributed by atoms with Gasteiger partial charge < -0.3 is 20.4 Å². The van der Waals surface area contributed by atoms with Crippen molar-refractivity contribution in [2.75, 3.05) is 13.1 Å². The number of aromatic hydroxyl groups is 1. The van der Waals surface area contributed by atoms with E-state index in [-0.39, 0.29) is 29.7 Å². The molecule has 0 amide bonds. The van der Waals surface area contributed by atoms with Gasteiger partial charge in [0.25, 0.3) is 0 Å². The molecule has 0 spiro atoms. The highest BCUT2D eigenvalue weighted by molar-refractivity contribution is 6.34. The Bertz CT molecular complexity index is 1110. The summed E-state index contributed by atoms with van der Waals surface area (Å²) >= 11 is 0. The van der Waals surface area contributed by atoms with Crippen LogP contribution >= 0.6 is 0 Å². The molecule has 4 N–H and O–H groups in total. The first-order valence-corrected chi connectivity index (χ1v) is 11.0. The van der Waals surface area contributed by atoms with Crippen LogP contribution < -0.4 is 0 Å². The van der Waals surface area contributed by atoms with Crippen LogP contribution in [0.25, 0.3) is 5.76 Å². The van der Waals surface area contributed by atoms with Gasteiger partial charge in [-0.3, -0.25) is 19.3 Å². The molecule has 1 aromatic rings. The van der Waals surface area contributed by atoms with Gasteiger partial charge in [0.15, 0.2) is 11.4 Å².